The monoisotopic (exact) mass is 252 g/mol. The number of fused-ring (bicyclic) bond motifs is 2. The van der Waals surface area contributed by atoms with Gasteiger partial charge in [-0.3, -0.25) is 4.90 Å². The largest absolute Gasteiger partial charge is 0.361 e. The van der Waals surface area contributed by atoms with Gasteiger partial charge in [0.25, 0.3) is 0 Å². The molecule has 0 bridgehead atoms. The summed E-state index contributed by atoms with van der Waals surface area (Å²) in [5.41, 5.74) is 5.82. The summed E-state index contributed by atoms with van der Waals surface area (Å²) in [6, 6.07) is 7.34. The van der Waals surface area contributed by atoms with E-state index >= 15 is 0 Å². The highest BCUT2D eigenvalue weighted by Crippen LogP contribution is 2.41. The van der Waals surface area contributed by atoms with Gasteiger partial charge >= 0.3 is 0 Å². The van der Waals surface area contributed by atoms with Crippen molar-refractivity contribution >= 4 is 10.9 Å². The summed E-state index contributed by atoms with van der Waals surface area (Å²) in [6.45, 7) is 6.82. The van der Waals surface area contributed by atoms with E-state index in [-0.39, 0.29) is 0 Å². The van der Waals surface area contributed by atoms with Crippen LogP contribution in [0.4, 0.5) is 0 Å². The van der Waals surface area contributed by atoms with Crippen LogP contribution in [0.3, 0.4) is 0 Å². The first-order chi connectivity index (χ1) is 9.28. The number of hydrogen-bond acceptors (Lipinski definition) is 1. The molecule has 2 nitrogen and oxygen atoms in total. The van der Waals surface area contributed by atoms with Gasteiger partial charge < -0.3 is 4.98 Å². The van der Waals surface area contributed by atoms with Gasteiger partial charge in [0.1, 0.15) is 0 Å². The minimum absolute atomic E-state index is 0.570. The molecule has 98 valence electrons. The Kier molecular flexibility index (Phi) is 2.36. The molecule has 0 saturated carbocycles. The number of nitrogens with zero attached hydrogens (tertiary/aromatic N) is 1. The molecule has 1 N–H and O–H groups in total. The normalized spacial score (nSPS) is 26.3. The van der Waals surface area contributed by atoms with Crippen LogP contribution in [-0.4, -0.2) is 29.0 Å². The second kappa shape index (κ2) is 3.97. The lowest BCUT2D eigenvalue weighted by Crippen LogP contribution is -2.45. The maximum atomic E-state index is 3.43. The molecule has 19 heavy (non-hydrogen) atoms. The quantitative estimate of drug-likeness (QED) is 0.770. The average molecular weight is 252 g/mol. The average Bonchev–Trinajstić information content (AvgIpc) is 2.84. The first-order valence-corrected chi connectivity index (χ1v) is 7.28. The fourth-order valence-corrected chi connectivity index (χ4v) is 3.98. The maximum absolute atomic E-state index is 3.43. The number of benzene rings is 1. The van der Waals surface area contributed by atoms with E-state index in [1.807, 2.05) is 0 Å². The zero-order valence-electron chi connectivity index (χ0n) is 11.6. The third-order valence-electron chi connectivity index (χ3n) is 4.81. The van der Waals surface area contributed by atoms with Gasteiger partial charge in [-0.05, 0) is 37.1 Å². The number of likely N-dealkylation sites (N-methyl/N-ethyl adjacent to an activating group) is 1. The van der Waals surface area contributed by atoms with Gasteiger partial charge in [-0.1, -0.05) is 30.7 Å². The highest BCUT2D eigenvalue weighted by molar-refractivity contribution is 5.88. The molecule has 4 rings (SSSR count). The van der Waals surface area contributed by atoms with Crippen LogP contribution in [0.25, 0.3) is 10.9 Å². The first kappa shape index (κ1) is 11.3. The Morgan fingerprint density at radius 2 is 2.26 bits per heavy atom. The van der Waals surface area contributed by atoms with E-state index in [2.05, 4.69) is 54.2 Å². The van der Waals surface area contributed by atoms with E-state index in [1.54, 1.807) is 0 Å². The molecule has 2 heterocycles. The second-order valence-corrected chi connectivity index (χ2v) is 5.96. The summed E-state index contributed by atoms with van der Waals surface area (Å²) in [7, 11) is 0. The minimum atomic E-state index is 0.570. The highest BCUT2D eigenvalue weighted by atomic mass is 15.2. The van der Waals surface area contributed by atoms with Gasteiger partial charge in [-0.15, -0.1) is 0 Å². The van der Waals surface area contributed by atoms with E-state index in [0.717, 1.165) is 13.1 Å². The van der Waals surface area contributed by atoms with Crippen molar-refractivity contribution in [3.05, 3.63) is 47.2 Å². The topological polar surface area (TPSA) is 19.0 Å². The molecule has 0 fully saturated rings. The van der Waals surface area contributed by atoms with E-state index in [0.29, 0.717) is 12.0 Å². The summed E-state index contributed by atoms with van der Waals surface area (Å²) < 4.78 is 0. The molecule has 0 saturated heterocycles. The lowest BCUT2D eigenvalue weighted by molar-refractivity contribution is 0.191. The number of aromatic nitrogens is 1. The van der Waals surface area contributed by atoms with Gasteiger partial charge in [-0.25, -0.2) is 0 Å². The Balaban J connectivity index is 1.94. The zero-order chi connectivity index (χ0) is 13.0. The third-order valence-corrected chi connectivity index (χ3v) is 4.81. The van der Waals surface area contributed by atoms with Gasteiger partial charge in [0.05, 0.1) is 0 Å². The predicted octanol–water partition coefficient (Wildman–Crippen LogP) is 3.46. The van der Waals surface area contributed by atoms with Crippen LogP contribution < -0.4 is 0 Å². The maximum Gasteiger partial charge on any atom is 0.0459 e. The molecule has 2 aromatic rings. The van der Waals surface area contributed by atoms with E-state index in [4.69, 9.17) is 0 Å². The Bertz CT molecular complexity index is 665. The van der Waals surface area contributed by atoms with Crippen molar-refractivity contribution in [2.45, 2.75) is 32.2 Å². The fraction of sp³-hybridized carbons (Fsp3) is 0.412. The molecular formula is C17H20N2. The van der Waals surface area contributed by atoms with Crippen LogP contribution in [-0.2, 0) is 6.42 Å². The summed E-state index contributed by atoms with van der Waals surface area (Å²) in [6.07, 6.45) is 5.89. The first-order valence-electron chi connectivity index (χ1n) is 7.28. The number of hydrogen-bond donors (Lipinski definition) is 1. The Labute approximate surface area is 114 Å². The van der Waals surface area contributed by atoms with Crippen LogP contribution >= 0.6 is 0 Å². The zero-order valence-corrected chi connectivity index (χ0v) is 11.6. The standard InChI is InChI=1S/C17H20N2/c1-3-19-10-11(2)7-14-13-5-4-6-15-17(13)12(9-18-15)8-16(14)19/h4-7,9,14,16,18H,3,8,10H2,1-2H3/t14-,16-/m1/s1. The third kappa shape index (κ3) is 1.53. The second-order valence-electron chi connectivity index (χ2n) is 5.96. The molecule has 0 spiro atoms. The van der Waals surface area contributed by atoms with E-state index < -0.39 is 0 Å². The Morgan fingerprint density at radius 3 is 3.11 bits per heavy atom. The summed E-state index contributed by atoms with van der Waals surface area (Å²) in [4.78, 5) is 6.07. The molecule has 0 radical (unpaired) electrons. The van der Waals surface area contributed by atoms with Gasteiger partial charge in [0, 0.05) is 35.6 Å². The molecule has 1 aliphatic carbocycles. The molecule has 2 atom stereocenters. The van der Waals surface area contributed by atoms with Gasteiger partial charge in [0.15, 0.2) is 0 Å². The van der Waals surface area contributed by atoms with Crippen molar-refractivity contribution in [3.8, 4) is 0 Å². The lowest BCUT2D eigenvalue weighted by atomic mass is 9.76. The fourth-order valence-electron chi connectivity index (χ4n) is 3.98. The van der Waals surface area contributed by atoms with Crippen LogP contribution in [0.15, 0.2) is 36.0 Å². The summed E-state index contributed by atoms with van der Waals surface area (Å²) in [5, 5.41) is 1.48. The SMILES string of the molecule is CCN1CC(C)=C[C@@H]2c3cccc4[nH]cc(c34)C[C@H]21. The van der Waals surface area contributed by atoms with Crippen LogP contribution in [0.2, 0.25) is 0 Å². The lowest BCUT2D eigenvalue weighted by Gasteiger charge is -2.42. The van der Waals surface area contributed by atoms with Crippen molar-refractivity contribution in [2.24, 2.45) is 0 Å². The van der Waals surface area contributed by atoms with E-state index in [1.165, 1.54) is 34.0 Å². The molecule has 0 amide bonds. The molecule has 1 aromatic heterocycles. The van der Waals surface area contributed by atoms with Crippen LogP contribution in [0.5, 0.6) is 0 Å². The highest BCUT2D eigenvalue weighted by Gasteiger charge is 2.35. The molecular weight excluding hydrogens is 232 g/mol. The number of H-pyrrole nitrogens is 1. The van der Waals surface area contributed by atoms with Gasteiger partial charge in [0.2, 0.25) is 0 Å². The summed E-state index contributed by atoms with van der Waals surface area (Å²) in [5.74, 6) is 0.570. The molecule has 2 heteroatoms. The smallest absolute Gasteiger partial charge is 0.0459 e. The number of rotatable bonds is 1. The Hall–Kier alpha value is -1.54. The Morgan fingerprint density at radius 1 is 1.37 bits per heavy atom. The van der Waals surface area contributed by atoms with Crippen molar-refractivity contribution in [1.82, 2.24) is 9.88 Å². The minimum Gasteiger partial charge on any atom is -0.361 e. The van der Waals surface area contributed by atoms with Crippen LogP contribution in [0, 0.1) is 0 Å². The molecule has 1 aromatic carbocycles. The molecule has 1 aliphatic heterocycles. The van der Waals surface area contributed by atoms with Crippen molar-refractivity contribution in [1.29, 1.82) is 0 Å². The van der Waals surface area contributed by atoms with Gasteiger partial charge in [-0.2, -0.15) is 0 Å². The van der Waals surface area contributed by atoms with Crippen LogP contribution in [0.1, 0.15) is 30.9 Å². The van der Waals surface area contributed by atoms with Crippen molar-refractivity contribution < 1.29 is 0 Å². The predicted molar refractivity (Wildman–Crippen MR) is 79.5 cm³/mol. The molecule has 0 unspecified atom stereocenters. The number of aromatic amines is 1. The summed E-state index contributed by atoms with van der Waals surface area (Å²) >= 11 is 0. The van der Waals surface area contributed by atoms with E-state index in [9.17, 15) is 0 Å². The van der Waals surface area contributed by atoms with Crippen molar-refractivity contribution in [2.75, 3.05) is 13.1 Å². The number of nitrogens with one attached hydrogen (secondary N) is 1. The molecule has 2 aliphatic rings. The van der Waals surface area contributed by atoms with Crippen molar-refractivity contribution in [3.63, 3.8) is 0 Å².